The third-order valence-electron chi connectivity index (χ3n) is 8.05. The van der Waals surface area contributed by atoms with Crippen molar-refractivity contribution in [3.05, 3.63) is 147 Å². The Morgan fingerprint density at radius 1 is 0.625 bits per heavy atom. The zero-order valence-corrected chi connectivity index (χ0v) is 24.0. The number of benzene rings is 5. The van der Waals surface area contributed by atoms with Gasteiger partial charge in [-0.15, -0.1) is 0 Å². The van der Waals surface area contributed by atoms with Gasteiger partial charge in [0.1, 0.15) is 0 Å². The fourth-order valence-corrected chi connectivity index (χ4v) is 7.55. The minimum Gasteiger partial charge on any atom is -0.309 e. The van der Waals surface area contributed by atoms with Gasteiger partial charge in [0.05, 0.1) is 11.0 Å². The summed E-state index contributed by atoms with van der Waals surface area (Å²) in [5, 5.41) is 6.92. The van der Waals surface area contributed by atoms with E-state index in [1.807, 2.05) is 0 Å². The second-order valence-corrected chi connectivity index (χ2v) is 12.0. The quantitative estimate of drug-likeness (QED) is 0.192. The molecule has 0 aliphatic heterocycles. The highest BCUT2D eigenvalue weighted by atomic mass is 79.9. The number of hydrogen-bond donors (Lipinski definition) is 0. The second kappa shape index (κ2) is 9.48. The smallest absolute Gasteiger partial charge is 0.0541 e. The normalized spacial score (nSPS) is 13.6. The lowest BCUT2D eigenvalue weighted by atomic mass is 9.80. The molecule has 0 saturated heterocycles. The lowest BCUT2D eigenvalue weighted by Gasteiger charge is -2.23. The van der Waals surface area contributed by atoms with Gasteiger partial charge in [0.25, 0.3) is 0 Å². The van der Waals surface area contributed by atoms with E-state index in [4.69, 9.17) is 0 Å². The van der Waals surface area contributed by atoms with E-state index in [1.165, 1.54) is 72.0 Å². The van der Waals surface area contributed by atoms with Crippen molar-refractivity contribution < 1.29 is 0 Å². The molecule has 0 atom stereocenters. The first-order chi connectivity index (χ1) is 19.7. The van der Waals surface area contributed by atoms with Gasteiger partial charge >= 0.3 is 0 Å². The third kappa shape index (κ3) is 3.81. The highest BCUT2D eigenvalue weighted by molar-refractivity contribution is 9.10. The number of allylic oxidation sites excluding steroid dienone is 1. The maximum absolute atomic E-state index is 3.71. The summed E-state index contributed by atoms with van der Waals surface area (Å²) in [5.74, 6) is 0. The number of rotatable bonds is 3. The minimum atomic E-state index is 0.929. The Bertz CT molecular complexity index is 2090. The van der Waals surface area contributed by atoms with Gasteiger partial charge in [0, 0.05) is 26.3 Å². The van der Waals surface area contributed by atoms with Crippen LogP contribution < -0.4 is 0 Å². The molecular formula is C37H24BrNS. The van der Waals surface area contributed by atoms with Crippen molar-refractivity contribution in [1.82, 2.24) is 4.57 Å². The average Bonchev–Trinajstić information content (AvgIpc) is 3.57. The molecule has 0 saturated carbocycles. The first-order valence-electron chi connectivity index (χ1n) is 13.5. The van der Waals surface area contributed by atoms with Crippen LogP contribution in [0.5, 0.6) is 0 Å². The van der Waals surface area contributed by atoms with Crippen LogP contribution in [-0.2, 0) is 6.42 Å². The molecule has 2 heterocycles. The van der Waals surface area contributed by atoms with Crippen molar-refractivity contribution in [2.45, 2.75) is 6.42 Å². The largest absolute Gasteiger partial charge is 0.309 e. The molecule has 7 aromatic rings. The van der Waals surface area contributed by atoms with Crippen LogP contribution in [0.25, 0.3) is 61.4 Å². The first-order valence-corrected chi connectivity index (χ1v) is 15.2. The maximum Gasteiger partial charge on any atom is 0.0541 e. The molecule has 1 aliphatic carbocycles. The average molecular weight is 595 g/mol. The SMILES string of the molecule is Brc1cscc1/C=C1/Cc2ccc(-c3ccc4c(c3)c3ccccc3n4-c3ccccc3)cc2-c2ccccc21. The summed E-state index contributed by atoms with van der Waals surface area (Å²) in [6, 6.07) is 42.2. The number of fused-ring (bicyclic) bond motifs is 6. The topological polar surface area (TPSA) is 4.93 Å². The molecule has 0 amide bonds. The van der Waals surface area contributed by atoms with E-state index >= 15 is 0 Å². The summed E-state index contributed by atoms with van der Waals surface area (Å²) >= 11 is 5.44. The van der Waals surface area contributed by atoms with Crippen LogP contribution in [-0.4, -0.2) is 4.57 Å². The molecule has 2 aromatic heterocycles. The van der Waals surface area contributed by atoms with E-state index in [1.54, 1.807) is 11.3 Å². The van der Waals surface area contributed by atoms with Gasteiger partial charge in [-0.2, -0.15) is 11.3 Å². The number of nitrogens with zero attached hydrogens (tertiary/aromatic N) is 1. The van der Waals surface area contributed by atoms with Crippen molar-refractivity contribution in [1.29, 1.82) is 0 Å². The van der Waals surface area contributed by atoms with E-state index in [0.717, 1.165) is 10.9 Å². The first kappa shape index (κ1) is 23.7. The van der Waals surface area contributed by atoms with Crippen molar-refractivity contribution in [2.24, 2.45) is 0 Å². The van der Waals surface area contributed by atoms with Crippen molar-refractivity contribution in [3.8, 4) is 27.9 Å². The molecule has 0 spiro atoms. The van der Waals surface area contributed by atoms with E-state index in [9.17, 15) is 0 Å². The van der Waals surface area contributed by atoms with Crippen LogP contribution in [0.1, 0.15) is 16.7 Å². The van der Waals surface area contributed by atoms with Gasteiger partial charge in [-0.3, -0.25) is 0 Å². The van der Waals surface area contributed by atoms with Crippen molar-refractivity contribution in [3.63, 3.8) is 0 Å². The van der Waals surface area contributed by atoms with Crippen LogP contribution in [0.3, 0.4) is 0 Å². The summed E-state index contributed by atoms with van der Waals surface area (Å²) < 4.78 is 3.53. The highest BCUT2D eigenvalue weighted by Gasteiger charge is 2.21. The lowest BCUT2D eigenvalue weighted by Crippen LogP contribution is -2.03. The molecule has 0 N–H and O–H groups in total. The summed E-state index contributed by atoms with van der Waals surface area (Å²) in [6.07, 6.45) is 3.27. The summed E-state index contributed by atoms with van der Waals surface area (Å²) in [6.45, 7) is 0. The molecule has 0 bridgehead atoms. The fourth-order valence-electron chi connectivity index (χ4n) is 6.18. The minimum absolute atomic E-state index is 0.929. The van der Waals surface area contributed by atoms with Crippen LogP contribution in [0, 0.1) is 0 Å². The van der Waals surface area contributed by atoms with Crippen molar-refractivity contribution in [2.75, 3.05) is 0 Å². The van der Waals surface area contributed by atoms with Gasteiger partial charge < -0.3 is 4.57 Å². The number of halogens is 1. The van der Waals surface area contributed by atoms with Gasteiger partial charge in [-0.05, 0) is 115 Å². The molecule has 0 fully saturated rings. The molecule has 3 heteroatoms. The Labute approximate surface area is 245 Å². The molecule has 1 aliphatic rings. The molecule has 190 valence electrons. The summed E-state index contributed by atoms with van der Waals surface area (Å²) in [7, 11) is 0. The van der Waals surface area contributed by atoms with Gasteiger partial charge in [0.2, 0.25) is 0 Å². The molecule has 40 heavy (non-hydrogen) atoms. The molecule has 1 nitrogen and oxygen atoms in total. The van der Waals surface area contributed by atoms with Gasteiger partial charge in [0.15, 0.2) is 0 Å². The van der Waals surface area contributed by atoms with E-state index in [0.29, 0.717) is 0 Å². The van der Waals surface area contributed by atoms with Crippen LogP contribution in [0.15, 0.2) is 130 Å². The van der Waals surface area contributed by atoms with Crippen LogP contribution in [0.4, 0.5) is 0 Å². The Hall–Kier alpha value is -4.18. The van der Waals surface area contributed by atoms with Crippen LogP contribution >= 0.6 is 27.3 Å². The zero-order valence-electron chi connectivity index (χ0n) is 21.6. The monoisotopic (exact) mass is 593 g/mol. The number of aromatic nitrogens is 1. The lowest BCUT2D eigenvalue weighted by molar-refractivity contribution is 1.18. The molecular weight excluding hydrogens is 570 g/mol. The maximum atomic E-state index is 3.71. The fraction of sp³-hybridized carbons (Fsp3) is 0.0270. The number of thiophene rings is 1. The second-order valence-electron chi connectivity index (χ2n) is 10.4. The third-order valence-corrected chi connectivity index (χ3v) is 9.80. The Kier molecular flexibility index (Phi) is 5.61. The predicted molar refractivity (Wildman–Crippen MR) is 175 cm³/mol. The van der Waals surface area contributed by atoms with E-state index in [-0.39, 0.29) is 0 Å². The molecule has 8 rings (SSSR count). The standard InChI is InChI=1S/C37H24BrNS/c38-35-23-40-22-28(35)19-27-18-26-15-14-24(20-33(26)31-11-5-4-10-30(27)31)25-16-17-37-34(21-25)32-12-6-7-13-36(32)39(37)29-8-2-1-3-9-29/h1-17,19-23H,18H2/b27-19-. The summed E-state index contributed by atoms with van der Waals surface area (Å²) in [4.78, 5) is 0. The number of para-hydroxylation sites is 2. The Balaban J connectivity index is 1.27. The predicted octanol–water partition coefficient (Wildman–Crippen LogP) is 11.0. The molecule has 0 unspecified atom stereocenters. The van der Waals surface area contributed by atoms with Crippen LogP contribution in [0.2, 0.25) is 0 Å². The Morgan fingerprint density at radius 3 is 2.20 bits per heavy atom. The van der Waals surface area contributed by atoms with E-state index in [2.05, 4.69) is 153 Å². The van der Waals surface area contributed by atoms with Crippen molar-refractivity contribution >= 4 is 60.7 Å². The van der Waals surface area contributed by atoms with E-state index < -0.39 is 0 Å². The Morgan fingerprint density at radius 2 is 1.35 bits per heavy atom. The van der Waals surface area contributed by atoms with Gasteiger partial charge in [-0.25, -0.2) is 0 Å². The zero-order chi connectivity index (χ0) is 26.6. The molecule has 5 aromatic carbocycles. The molecule has 0 radical (unpaired) electrons. The van der Waals surface area contributed by atoms with Gasteiger partial charge in [-0.1, -0.05) is 78.9 Å². The summed E-state index contributed by atoms with van der Waals surface area (Å²) in [5.41, 5.74) is 14.1. The highest BCUT2D eigenvalue weighted by Crippen LogP contribution is 2.43. The number of hydrogen-bond acceptors (Lipinski definition) is 1.